The van der Waals surface area contributed by atoms with Crippen LogP contribution >= 0.6 is 11.3 Å². The van der Waals surface area contributed by atoms with Gasteiger partial charge in [0.2, 0.25) is 0 Å². The van der Waals surface area contributed by atoms with E-state index in [4.69, 9.17) is 9.84 Å². The second-order valence-corrected chi connectivity index (χ2v) is 6.78. The molecule has 0 saturated carbocycles. The van der Waals surface area contributed by atoms with Crippen LogP contribution in [0.4, 0.5) is 0 Å². The van der Waals surface area contributed by atoms with Crippen LogP contribution in [-0.2, 0) is 16.0 Å². The summed E-state index contributed by atoms with van der Waals surface area (Å²) in [7, 11) is 1.68. The maximum Gasteiger partial charge on any atom is 0.303 e. The molecule has 0 fully saturated rings. The molecule has 0 aliphatic rings. The monoisotopic (exact) mass is 404 g/mol. The highest BCUT2D eigenvalue weighted by atomic mass is 32.1. The van der Waals surface area contributed by atoms with E-state index in [1.807, 2.05) is 49.5 Å². The van der Waals surface area contributed by atoms with Crippen LogP contribution in [0.25, 0.3) is 10.1 Å². The summed E-state index contributed by atoms with van der Waals surface area (Å²) >= 11 is 1.90. The fraction of sp³-hybridized carbons (Fsp3) is 0.375. The van der Waals surface area contributed by atoms with Crippen molar-refractivity contribution in [3.63, 3.8) is 0 Å². The number of hydrogen-bond acceptors (Lipinski definition) is 3. The van der Waals surface area contributed by atoms with Gasteiger partial charge in [-0.05, 0) is 44.2 Å². The highest BCUT2D eigenvalue weighted by Gasteiger charge is 2.04. The van der Waals surface area contributed by atoms with Crippen molar-refractivity contribution in [2.75, 3.05) is 13.7 Å². The van der Waals surface area contributed by atoms with E-state index < -0.39 is 5.97 Å². The lowest BCUT2D eigenvalue weighted by Gasteiger charge is -1.93. The molecule has 4 heteroatoms. The summed E-state index contributed by atoms with van der Waals surface area (Å²) in [6.45, 7) is 14.2. The second kappa shape index (κ2) is 19.6. The Morgan fingerprint density at radius 3 is 2.18 bits per heavy atom. The van der Waals surface area contributed by atoms with Gasteiger partial charge in [-0.25, -0.2) is 0 Å². The number of fused-ring (bicyclic) bond motifs is 1. The molecule has 0 amide bonds. The quantitative estimate of drug-likeness (QED) is 0.423. The van der Waals surface area contributed by atoms with E-state index in [0.717, 1.165) is 13.0 Å². The largest absolute Gasteiger partial charge is 0.481 e. The molecule has 0 unspecified atom stereocenters. The summed E-state index contributed by atoms with van der Waals surface area (Å²) in [5.74, 6) is -0.745. The Morgan fingerprint density at radius 2 is 1.82 bits per heavy atom. The number of carboxylic acids is 1. The predicted molar refractivity (Wildman–Crippen MR) is 126 cm³/mol. The Balaban J connectivity index is 0. The van der Waals surface area contributed by atoms with E-state index in [1.165, 1.54) is 20.5 Å². The lowest BCUT2D eigenvalue weighted by molar-refractivity contribution is -0.136. The third-order valence-corrected chi connectivity index (χ3v) is 4.51. The molecular formula is C24H36O3S. The minimum Gasteiger partial charge on any atom is -0.481 e. The van der Waals surface area contributed by atoms with Crippen LogP contribution in [0.15, 0.2) is 61.2 Å². The first-order chi connectivity index (χ1) is 13.4. The van der Waals surface area contributed by atoms with Gasteiger partial charge in [-0.1, -0.05) is 69.0 Å². The molecule has 2 aromatic rings. The first kappa shape index (κ1) is 28.0. The molecule has 28 heavy (non-hydrogen) atoms. The third-order valence-electron chi connectivity index (χ3n) is 3.38. The Kier molecular flexibility index (Phi) is 19.6. The van der Waals surface area contributed by atoms with Crippen molar-refractivity contribution in [1.82, 2.24) is 0 Å². The van der Waals surface area contributed by atoms with Gasteiger partial charge in [0.1, 0.15) is 0 Å². The van der Waals surface area contributed by atoms with Gasteiger partial charge in [-0.3, -0.25) is 4.79 Å². The fourth-order valence-electron chi connectivity index (χ4n) is 1.99. The lowest BCUT2D eigenvalue weighted by Crippen LogP contribution is -1.86. The first-order valence-electron chi connectivity index (χ1n) is 9.45. The molecule has 0 aliphatic carbocycles. The molecule has 0 saturated heterocycles. The van der Waals surface area contributed by atoms with Crippen molar-refractivity contribution >= 4 is 27.4 Å². The normalized spacial score (nSPS) is 9.79. The lowest BCUT2D eigenvalue weighted by atomic mass is 10.1. The highest BCUT2D eigenvalue weighted by molar-refractivity contribution is 7.19. The Morgan fingerprint density at radius 1 is 1.21 bits per heavy atom. The highest BCUT2D eigenvalue weighted by Crippen LogP contribution is 2.30. The molecule has 1 heterocycles. The van der Waals surface area contributed by atoms with Crippen molar-refractivity contribution in [2.24, 2.45) is 0 Å². The number of benzene rings is 1. The van der Waals surface area contributed by atoms with E-state index in [0.29, 0.717) is 0 Å². The van der Waals surface area contributed by atoms with Gasteiger partial charge in [-0.2, -0.15) is 0 Å². The summed E-state index contributed by atoms with van der Waals surface area (Å²) in [5.41, 5.74) is 1.52. The van der Waals surface area contributed by atoms with Gasteiger partial charge in [0.05, 0.1) is 6.61 Å². The van der Waals surface area contributed by atoms with Crippen molar-refractivity contribution in [2.45, 2.75) is 47.5 Å². The number of thiophene rings is 1. The Hall–Kier alpha value is -2.17. The number of aryl methyl sites for hydroxylation is 2. The molecule has 0 aliphatic heterocycles. The van der Waals surface area contributed by atoms with Crippen LogP contribution in [0.2, 0.25) is 0 Å². The van der Waals surface area contributed by atoms with E-state index in [-0.39, 0.29) is 6.42 Å². The minimum atomic E-state index is -0.745. The van der Waals surface area contributed by atoms with Gasteiger partial charge in [0.25, 0.3) is 0 Å². The summed E-state index contributed by atoms with van der Waals surface area (Å²) in [6, 6.07) is 8.65. The Bertz CT molecular complexity index is 712. The topological polar surface area (TPSA) is 46.5 Å². The molecule has 1 N–H and O–H groups in total. The van der Waals surface area contributed by atoms with E-state index in [9.17, 15) is 4.79 Å². The van der Waals surface area contributed by atoms with Gasteiger partial charge in [-0.15, -0.1) is 11.3 Å². The molecule has 3 nitrogen and oxygen atoms in total. The zero-order valence-electron chi connectivity index (χ0n) is 18.2. The van der Waals surface area contributed by atoms with Crippen LogP contribution in [0.1, 0.15) is 44.6 Å². The van der Waals surface area contributed by atoms with Gasteiger partial charge in [0, 0.05) is 23.1 Å². The molecule has 0 atom stereocenters. The fourth-order valence-corrected chi connectivity index (χ4v) is 3.14. The van der Waals surface area contributed by atoms with E-state index >= 15 is 0 Å². The summed E-state index contributed by atoms with van der Waals surface area (Å²) in [6.07, 6.45) is 10.9. The number of aliphatic carboxylic acids is 1. The average Bonchev–Trinajstić information content (AvgIpc) is 3.03. The minimum absolute atomic E-state index is 0.222. The first-order valence-corrected chi connectivity index (χ1v) is 10.3. The average molecular weight is 405 g/mol. The zero-order valence-corrected chi connectivity index (χ0v) is 19.0. The SMILES string of the molecule is C/C=C\COC.C=C/C=C/C.CCC(=O)O.CCc1c(C)sc2ccccc12. The number of hydrogen-bond donors (Lipinski definition) is 1. The van der Waals surface area contributed by atoms with Gasteiger partial charge < -0.3 is 9.84 Å². The van der Waals surface area contributed by atoms with Crippen LogP contribution in [0.3, 0.4) is 0 Å². The number of allylic oxidation sites excluding steroid dienone is 4. The maximum absolute atomic E-state index is 9.37. The predicted octanol–water partition coefficient (Wildman–Crippen LogP) is 7.21. The molecule has 1 aromatic carbocycles. The van der Waals surface area contributed by atoms with Crippen molar-refractivity contribution in [3.05, 3.63) is 71.7 Å². The smallest absolute Gasteiger partial charge is 0.303 e. The number of carbonyl (C=O) groups is 1. The molecule has 156 valence electrons. The number of rotatable bonds is 5. The Labute approximate surface area is 175 Å². The van der Waals surface area contributed by atoms with Gasteiger partial charge >= 0.3 is 5.97 Å². The number of ether oxygens (including phenoxy) is 1. The third kappa shape index (κ3) is 14.0. The molecule has 0 spiro atoms. The van der Waals surface area contributed by atoms with Crippen LogP contribution in [-0.4, -0.2) is 24.8 Å². The van der Waals surface area contributed by atoms with Crippen molar-refractivity contribution in [3.8, 4) is 0 Å². The van der Waals surface area contributed by atoms with E-state index in [1.54, 1.807) is 20.1 Å². The van der Waals surface area contributed by atoms with Crippen LogP contribution < -0.4 is 0 Å². The summed E-state index contributed by atoms with van der Waals surface area (Å²) in [5, 5.41) is 9.17. The summed E-state index contributed by atoms with van der Waals surface area (Å²) < 4.78 is 6.12. The number of carboxylic acid groups (broad SMARTS) is 1. The van der Waals surface area contributed by atoms with Crippen molar-refractivity contribution < 1.29 is 14.6 Å². The van der Waals surface area contributed by atoms with Crippen LogP contribution in [0.5, 0.6) is 0 Å². The van der Waals surface area contributed by atoms with E-state index in [2.05, 4.69) is 44.7 Å². The molecule has 0 bridgehead atoms. The second-order valence-electron chi connectivity index (χ2n) is 5.52. The summed E-state index contributed by atoms with van der Waals surface area (Å²) in [4.78, 5) is 10.8. The van der Waals surface area contributed by atoms with Gasteiger partial charge in [0.15, 0.2) is 0 Å². The van der Waals surface area contributed by atoms with Crippen molar-refractivity contribution in [1.29, 1.82) is 0 Å². The molecule has 2 rings (SSSR count). The maximum atomic E-state index is 9.37. The van der Waals surface area contributed by atoms with Crippen LogP contribution in [0, 0.1) is 6.92 Å². The number of methoxy groups -OCH3 is 1. The molecule has 1 aromatic heterocycles. The molecule has 0 radical (unpaired) electrons. The molecular weight excluding hydrogens is 368 g/mol. The standard InChI is InChI=1S/C11H12S.C5H10O.C5H8.C3H6O2/c1-3-9-8(2)12-11-7-5-4-6-10(9)11;1-3-4-5-6-2;1-3-5-4-2;1-2-3(4)5/h4-7H,3H2,1-2H3;3-4H,5H2,1-2H3;3-5H,1H2,2H3;2H2,1H3,(H,4,5)/b;4-3-;5-4+;. The zero-order chi connectivity index (χ0) is 21.8.